The summed E-state index contributed by atoms with van der Waals surface area (Å²) in [5, 5.41) is 0. The quantitative estimate of drug-likeness (QED) is 0.529. The second-order valence-corrected chi connectivity index (χ2v) is 6.19. The Morgan fingerprint density at radius 3 is 1.76 bits per heavy atom. The van der Waals surface area contributed by atoms with Crippen molar-refractivity contribution in [3.05, 3.63) is 0 Å². The van der Waals surface area contributed by atoms with Gasteiger partial charge in [-0.1, -0.05) is 51.4 Å². The van der Waals surface area contributed by atoms with Crippen LogP contribution in [0.15, 0.2) is 0 Å². The van der Waals surface area contributed by atoms with Crippen molar-refractivity contribution in [2.75, 3.05) is 13.2 Å². The fourth-order valence-electron chi connectivity index (χ4n) is 3.29. The monoisotopic (exact) mass is 298 g/mol. The molecule has 0 aromatic rings. The van der Waals surface area contributed by atoms with Crippen LogP contribution in [0, 0.1) is 11.8 Å². The summed E-state index contributed by atoms with van der Waals surface area (Å²) >= 11 is 0. The van der Waals surface area contributed by atoms with Gasteiger partial charge in [0.05, 0.1) is 13.2 Å². The van der Waals surface area contributed by atoms with Crippen LogP contribution < -0.4 is 0 Å². The van der Waals surface area contributed by atoms with Gasteiger partial charge < -0.3 is 9.47 Å². The first-order valence-electron chi connectivity index (χ1n) is 8.47. The lowest BCUT2D eigenvalue weighted by molar-refractivity contribution is -0.130. The molecule has 2 fully saturated rings. The Labute approximate surface area is 128 Å². The Morgan fingerprint density at radius 1 is 0.714 bits per heavy atom. The lowest BCUT2D eigenvalue weighted by Crippen LogP contribution is -2.12. The lowest BCUT2D eigenvalue weighted by atomic mass is 9.87. The molecule has 2 aliphatic rings. The fourth-order valence-corrected chi connectivity index (χ4v) is 3.29. The molecule has 0 N–H and O–H groups in total. The van der Waals surface area contributed by atoms with Gasteiger partial charge in [-0.3, -0.25) is 9.59 Å². The molecule has 0 amide bonds. The number of hydrogen-bond donors (Lipinski definition) is 0. The first kappa shape index (κ1) is 18.0. The van der Waals surface area contributed by atoms with E-state index in [1.54, 1.807) is 0 Å². The molecule has 0 unspecified atom stereocenters. The zero-order valence-electron chi connectivity index (χ0n) is 13.1. The van der Waals surface area contributed by atoms with Gasteiger partial charge in [0.1, 0.15) is 0 Å². The molecule has 0 radical (unpaired) electrons. The molecule has 2 saturated carbocycles. The zero-order chi connectivity index (χ0) is 15.2. The van der Waals surface area contributed by atoms with Crippen LogP contribution in [0.3, 0.4) is 0 Å². The van der Waals surface area contributed by atoms with Crippen LogP contribution >= 0.6 is 0 Å². The summed E-state index contributed by atoms with van der Waals surface area (Å²) in [6.07, 6.45) is 14.3. The summed E-state index contributed by atoms with van der Waals surface area (Å²) in [5.74, 6) is 1.47. The highest BCUT2D eigenvalue weighted by Crippen LogP contribution is 2.26. The van der Waals surface area contributed by atoms with Crippen LogP contribution in [0.2, 0.25) is 0 Å². The third-order valence-corrected chi connectivity index (χ3v) is 4.56. The van der Waals surface area contributed by atoms with Crippen molar-refractivity contribution < 1.29 is 19.1 Å². The van der Waals surface area contributed by atoms with E-state index in [1.165, 1.54) is 64.2 Å². The molecule has 4 heteroatoms. The van der Waals surface area contributed by atoms with E-state index in [0.717, 1.165) is 12.3 Å². The summed E-state index contributed by atoms with van der Waals surface area (Å²) in [5.41, 5.74) is 0. The molecule has 0 spiro atoms. The zero-order valence-corrected chi connectivity index (χ0v) is 13.1. The highest BCUT2D eigenvalue weighted by molar-refractivity contribution is 5.37. The van der Waals surface area contributed by atoms with E-state index in [9.17, 15) is 9.59 Å². The molecule has 122 valence electrons. The summed E-state index contributed by atoms with van der Waals surface area (Å²) in [6, 6.07) is 0. The van der Waals surface area contributed by atoms with Crippen molar-refractivity contribution in [2.24, 2.45) is 11.8 Å². The van der Waals surface area contributed by atoms with E-state index in [1.807, 2.05) is 0 Å². The number of ether oxygens (including phenoxy) is 2. The van der Waals surface area contributed by atoms with Crippen LogP contribution in [0.1, 0.15) is 70.6 Å². The van der Waals surface area contributed by atoms with Crippen molar-refractivity contribution in [3.8, 4) is 0 Å². The molecule has 21 heavy (non-hydrogen) atoms. The van der Waals surface area contributed by atoms with E-state index in [-0.39, 0.29) is 0 Å². The Balaban J connectivity index is 0.000000211. The van der Waals surface area contributed by atoms with E-state index >= 15 is 0 Å². The lowest BCUT2D eigenvalue weighted by Gasteiger charge is -2.20. The topological polar surface area (TPSA) is 52.6 Å². The van der Waals surface area contributed by atoms with Gasteiger partial charge in [-0.2, -0.15) is 0 Å². The molecule has 0 atom stereocenters. The highest BCUT2D eigenvalue weighted by Gasteiger charge is 2.13. The molecule has 2 rings (SSSR count). The average molecular weight is 298 g/mol. The van der Waals surface area contributed by atoms with E-state index in [2.05, 4.69) is 4.74 Å². The van der Waals surface area contributed by atoms with Crippen molar-refractivity contribution in [2.45, 2.75) is 70.6 Å². The van der Waals surface area contributed by atoms with Gasteiger partial charge in [-0.05, 0) is 31.1 Å². The third-order valence-electron chi connectivity index (χ3n) is 4.56. The van der Waals surface area contributed by atoms with Crippen molar-refractivity contribution >= 4 is 12.9 Å². The minimum absolute atomic E-state index is 0.544. The number of rotatable bonds is 7. The molecule has 0 aromatic carbocycles. The van der Waals surface area contributed by atoms with Gasteiger partial charge in [0.25, 0.3) is 12.9 Å². The van der Waals surface area contributed by atoms with Gasteiger partial charge in [-0.15, -0.1) is 0 Å². The molecular formula is C17H30O4. The first-order chi connectivity index (χ1) is 10.4. The Bertz CT molecular complexity index is 256. The second-order valence-electron chi connectivity index (χ2n) is 6.19. The van der Waals surface area contributed by atoms with Crippen LogP contribution in [-0.2, 0) is 19.1 Å². The third kappa shape index (κ3) is 9.48. The van der Waals surface area contributed by atoms with Crippen molar-refractivity contribution in [1.82, 2.24) is 0 Å². The van der Waals surface area contributed by atoms with Crippen molar-refractivity contribution in [3.63, 3.8) is 0 Å². The average Bonchev–Trinajstić information content (AvgIpc) is 2.56. The minimum Gasteiger partial charge on any atom is -0.468 e. The van der Waals surface area contributed by atoms with Crippen LogP contribution in [0.5, 0.6) is 0 Å². The second kappa shape index (κ2) is 12.7. The fraction of sp³-hybridized carbons (Fsp3) is 0.882. The SMILES string of the molecule is O=COCC1CCCCC1.O=COCCC1CCCCC1. The predicted molar refractivity (Wildman–Crippen MR) is 81.8 cm³/mol. The van der Waals surface area contributed by atoms with Gasteiger partial charge >= 0.3 is 0 Å². The number of hydrogen-bond acceptors (Lipinski definition) is 4. The van der Waals surface area contributed by atoms with E-state index in [0.29, 0.717) is 32.1 Å². The maximum Gasteiger partial charge on any atom is 0.293 e. The Kier molecular flexibility index (Phi) is 10.8. The van der Waals surface area contributed by atoms with Gasteiger partial charge in [-0.25, -0.2) is 0 Å². The molecule has 0 saturated heterocycles. The van der Waals surface area contributed by atoms with E-state index < -0.39 is 0 Å². The highest BCUT2D eigenvalue weighted by atomic mass is 16.5. The van der Waals surface area contributed by atoms with Crippen molar-refractivity contribution in [1.29, 1.82) is 0 Å². The summed E-state index contributed by atoms with van der Waals surface area (Å²) < 4.78 is 9.35. The van der Waals surface area contributed by atoms with Crippen LogP contribution in [0.25, 0.3) is 0 Å². The molecule has 2 aliphatic carbocycles. The van der Waals surface area contributed by atoms with Gasteiger partial charge in [0.2, 0.25) is 0 Å². The maximum absolute atomic E-state index is 9.83. The Hall–Kier alpha value is -1.06. The standard InChI is InChI=1S/C9H16O2.C8H14O2/c10-8-11-7-6-9-4-2-1-3-5-9;9-7-10-6-8-4-2-1-3-5-8/h8-9H,1-7H2;7-8H,1-6H2. The maximum atomic E-state index is 9.83. The summed E-state index contributed by atoms with van der Waals surface area (Å²) in [7, 11) is 0. The molecular weight excluding hydrogens is 268 g/mol. The van der Waals surface area contributed by atoms with Gasteiger partial charge in [0.15, 0.2) is 0 Å². The smallest absolute Gasteiger partial charge is 0.293 e. The molecule has 0 bridgehead atoms. The predicted octanol–water partition coefficient (Wildman–Crippen LogP) is 3.87. The minimum atomic E-state index is 0.544. The number of carbonyl (C=O) groups is 2. The molecule has 4 nitrogen and oxygen atoms in total. The largest absolute Gasteiger partial charge is 0.468 e. The van der Waals surface area contributed by atoms with Gasteiger partial charge in [0, 0.05) is 0 Å². The van der Waals surface area contributed by atoms with E-state index in [4.69, 9.17) is 4.74 Å². The number of carbonyl (C=O) groups excluding carboxylic acids is 2. The summed E-state index contributed by atoms with van der Waals surface area (Å²) in [6.45, 7) is 2.36. The molecule has 0 aromatic heterocycles. The molecule has 0 heterocycles. The van der Waals surface area contributed by atoms with Crippen LogP contribution in [0.4, 0.5) is 0 Å². The Morgan fingerprint density at radius 2 is 1.24 bits per heavy atom. The normalized spacial score (nSPS) is 20.0. The first-order valence-corrected chi connectivity index (χ1v) is 8.47. The molecule has 0 aliphatic heterocycles. The van der Waals surface area contributed by atoms with Crippen LogP contribution in [-0.4, -0.2) is 26.2 Å². The summed E-state index contributed by atoms with van der Waals surface area (Å²) in [4.78, 5) is 19.6.